The van der Waals surface area contributed by atoms with E-state index in [0.29, 0.717) is 24.4 Å². The summed E-state index contributed by atoms with van der Waals surface area (Å²) in [4.78, 5) is 29.9. The Bertz CT molecular complexity index is 1080. The van der Waals surface area contributed by atoms with Gasteiger partial charge in [0.1, 0.15) is 11.2 Å². The Morgan fingerprint density at radius 1 is 1.19 bits per heavy atom. The molecule has 3 aromatic heterocycles. The molecular formula is C23H28N4O3S. The monoisotopic (exact) mass is 440 g/mol. The molecule has 31 heavy (non-hydrogen) atoms. The Morgan fingerprint density at radius 3 is 2.68 bits per heavy atom. The number of hydrogen-bond donors (Lipinski definition) is 0. The summed E-state index contributed by atoms with van der Waals surface area (Å²) in [5, 5.41) is 1.05. The van der Waals surface area contributed by atoms with E-state index in [1.54, 1.807) is 31.6 Å². The molecule has 3 heterocycles. The topological polar surface area (TPSA) is 77.4 Å². The minimum atomic E-state index is -0.00896. The molecule has 7 nitrogen and oxygen atoms in total. The predicted molar refractivity (Wildman–Crippen MR) is 121 cm³/mol. The van der Waals surface area contributed by atoms with E-state index in [1.807, 2.05) is 26.1 Å². The fourth-order valence-corrected chi connectivity index (χ4v) is 5.52. The van der Waals surface area contributed by atoms with Crippen LogP contribution in [-0.4, -0.2) is 53.1 Å². The van der Waals surface area contributed by atoms with Crippen LogP contribution in [0.1, 0.15) is 58.1 Å². The van der Waals surface area contributed by atoms with E-state index in [0.717, 1.165) is 57.6 Å². The first kappa shape index (κ1) is 21.6. The molecule has 1 amide bonds. The van der Waals surface area contributed by atoms with Gasteiger partial charge in [-0.05, 0) is 49.8 Å². The van der Waals surface area contributed by atoms with Gasteiger partial charge in [0.05, 0.1) is 23.8 Å². The maximum Gasteiger partial charge on any atom is 0.264 e. The molecule has 3 aromatic rings. The van der Waals surface area contributed by atoms with Gasteiger partial charge in [-0.1, -0.05) is 0 Å². The predicted octanol–water partition coefficient (Wildman–Crippen LogP) is 4.35. The third-order valence-electron chi connectivity index (χ3n) is 6.12. The molecule has 1 aliphatic carbocycles. The number of methoxy groups -OCH3 is 2. The van der Waals surface area contributed by atoms with Crippen molar-refractivity contribution in [2.45, 2.75) is 51.2 Å². The third-order valence-corrected chi connectivity index (χ3v) is 7.31. The maximum absolute atomic E-state index is 13.3. The Balaban J connectivity index is 1.59. The van der Waals surface area contributed by atoms with E-state index in [4.69, 9.17) is 9.47 Å². The number of aromatic nitrogens is 3. The highest BCUT2D eigenvalue weighted by Gasteiger charge is 2.28. The van der Waals surface area contributed by atoms with Gasteiger partial charge in [0.15, 0.2) is 0 Å². The van der Waals surface area contributed by atoms with Gasteiger partial charge in [0.2, 0.25) is 5.88 Å². The second kappa shape index (κ2) is 9.28. The van der Waals surface area contributed by atoms with Crippen LogP contribution in [0.5, 0.6) is 5.88 Å². The fourth-order valence-electron chi connectivity index (χ4n) is 4.36. The van der Waals surface area contributed by atoms with Crippen LogP contribution >= 0.6 is 11.3 Å². The first-order chi connectivity index (χ1) is 15.0. The fraction of sp³-hybridized carbons (Fsp3) is 0.478. The van der Waals surface area contributed by atoms with Crippen molar-refractivity contribution in [3.63, 3.8) is 0 Å². The van der Waals surface area contributed by atoms with Crippen molar-refractivity contribution in [3.8, 4) is 5.88 Å². The number of carbonyl (C=O) groups excluding carboxylic acids is 1. The van der Waals surface area contributed by atoms with Gasteiger partial charge in [0.25, 0.3) is 5.91 Å². The van der Waals surface area contributed by atoms with Crippen LogP contribution < -0.4 is 4.74 Å². The highest BCUT2D eigenvalue weighted by atomic mass is 32.1. The van der Waals surface area contributed by atoms with Crippen LogP contribution in [0.2, 0.25) is 0 Å². The number of ether oxygens (including phenoxy) is 2. The van der Waals surface area contributed by atoms with Crippen molar-refractivity contribution in [3.05, 3.63) is 46.4 Å². The molecule has 8 heteroatoms. The zero-order chi connectivity index (χ0) is 22.0. The third kappa shape index (κ3) is 4.41. The normalized spacial score (nSPS) is 18.8. The average molecular weight is 441 g/mol. The molecule has 164 valence electrons. The average Bonchev–Trinajstić information content (AvgIpc) is 3.15. The summed E-state index contributed by atoms with van der Waals surface area (Å²) in [5.41, 5.74) is 3.03. The smallest absolute Gasteiger partial charge is 0.264 e. The molecule has 0 N–H and O–H groups in total. The number of fused-ring (bicyclic) bond motifs is 1. The molecule has 4 rings (SSSR count). The van der Waals surface area contributed by atoms with Crippen LogP contribution in [0.4, 0.5) is 0 Å². The van der Waals surface area contributed by atoms with Crippen LogP contribution in [-0.2, 0) is 11.3 Å². The molecule has 0 atom stereocenters. The van der Waals surface area contributed by atoms with Crippen molar-refractivity contribution in [1.29, 1.82) is 0 Å². The highest BCUT2D eigenvalue weighted by molar-refractivity contribution is 7.20. The molecule has 0 aromatic carbocycles. The molecule has 0 unspecified atom stereocenters. The summed E-state index contributed by atoms with van der Waals surface area (Å²) < 4.78 is 10.7. The summed E-state index contributed by atoms with van der Waals surface area (Å²) in [6.07, 6.45) is 7.85. The van der Waals surface area contributed by atoms with Crippen molar-refractivity contribution < 1.29 is 14.3 Å². The molecule has 0 bridgehead atoms. The number of nitrogens with zero attached hydrogens (tertiary/aromatic N) is 4. The number of carbonyl (C=O) groups is 1. The van der Waals surface area contributed by atoms with Crippen LogP contribution in [0.25, 0.3) is 10.2 Å². The van der Waals surface area contributed by atoms with Gasteiger partial charge in [0, 0.05) is 44.3 Å². The lowest BCUT2D eigenvalue weighted by Crippen LogP contribution is -2.26. The first-order valence-electron chi connectivity index (χ1n) is 10.5. The first-order valence-corrected chi connectivity index (χ1v) is 11.3. The zero-order valence-electron chi connectivity index (χ0n) is 18.4. The van der Waals surface area contributed by atoms with E-state index in [1.165, 1.54) is 11.3 Å². The van der Waals surface area contributed by atoms with E-state index < -0.39 is 0 Å². The van der Waals surface area contributed by atoms with Crippen molar-refractivity contribution in [2.75, 3.05) is 21.3 Å². The molecule has 0 saturated heterocycles. The Kier molecular flexibility index (Phi) is 6.48. The van der Waals surface area contributed by atoms with E-state index in [2.05, 4.69) is 15.0 Å². The Hall–Kier alpha value is -2.58. The van der Waals surface area contributed by atoms with Gasteiger partial charge >= 0.3 is 0 Å². The van der Waals surface area contributed by atoms with Crippen LogP contribution in [0.15, 0.2) is 24.7 Å². The molecule has 1 fully saturated rings. The van der Waals surface area contributed by atoms with E-state index >= 15 is 0 Å². The number of pyridine rings is 1. The van der Waals surface area contributed by atoms with Crippen LogP contribution in [0.3, 0.4) is 0 Å². The van der Waals surface area contributed by atoms with Crippen molar-refractivity contribution in [1.82, 2.24) is 19.9 Å². The largest absolute Gasteiger partial charge is 0.481 e. The summed E-state index contributed by atoms with van der Waals surface area (Å²) >= 11 is 1.46. The van der Waals surface area contributed by atoms with Gasteiger partial charge < -0.3 is 14.4 Å². The molecule has 0 spiro atoms. The number of rotatable bonds is 6. The summed E-state index contributed by atoms with van der Waals surface area (Å²) in [6, 6.07) is 3.74. The van der Waals surface area contributed by atoms with Gasteiger partial charge in [-0.2, -0.15) is 0 Å². The quantitative estimate of drug-likeness (QED) is 0.567. The highest BCUT2D eigenvalue weighted by Crippen LogP contribution is 2.40. The van der Waals surface area contributed by atoms with Crippen LogP contribution in [0, 0.1) is 6.92 Å². The number of aryl methyl sites for hydroxylation is 1. The number of amides is 1. The Morgan fingerprint density at radius 2 is 1.97 bits per heavy atom. The molecule has 1 aliphatic rings. The second-order valence-corrected chi connectivity index (χ2v) is 9.07. The minimum absolute atomic E-state index is 0.00896. The summed E-state index contributed by atoms with van der Waals surface area (Å²) in [6.45, 7) is 2.49. The Labute approximate surface area is 186 Å². The molecule has 1 saturated carbocycles. The lowest BCUT2D eigenvalue weighted by Gasteiger charge is -2.27. The van der Waals surface area contributed by atoms with Crippen molar-refractivity contribution >= 4 is 27.5 Å². The maximum atomic E-state index is 13.3. The SMILES string of the molecule is COc1cc(CN(C)C(=O)c2sc3ncnc(C4CCC(OC)CC4)c3c2C)ccn1. The lowest BCUT2D eigenvalue weighted by molar-refractivity contribution is 0.0656. The van der Waals surface area contributed by atoms with Gasteiger partial charge in [-0.25, -0.2) is 15.0 Å². The van der Waals surface area contributed by atoms with Gasteiger partial charge in [-0.15, -0.1) is 11.3 Å². The lowest BCUT2D eigenvalue weighted by atomic mass is 9.84. The second-order valence-electron chi connectivity index (χ2n) is 8.07. The molecule has 0 radical (unpaired) electrons. The summed E-state index contributed by atoms with van der Waals surface area (Å²) in [5.74, 6) is 0.917. The van der Waals surface area contributed by atoms with Gasteiger partial charge in [-0.3, -0.25) is 4.79 Å². The van der Waals surface area contributed by atoms with E-state index in [9.17, 15) is 4.79 Å². The molecular weight excluding hydrogens is 412 g/mol. The van der Waals surface area contributed by atoms with E-state index in [-0.39, 0.29) is 5.91 Å². The number of thiophene rings is 1. The standard InChI is InChI=1S/C23H28N4O3S/c1-14-19-20(16-5-7-17(29-3)8-6-16)25-13-26-22(19)31-21(14)23(28)27(2)12-15-9-10-24-18(11-15)30-4/h9-11,13,16-17H,5-8,12H2,1-4H3. The number of hydrogen-bond acceptors (Lipinski definition) is 7. The summed E-state index contributed by atoms with van der Waals surface area (Å²) in [7, 11) is 5.19. The zero-order valence-corrected chi connectivity index (χ0v) is 19.2. The van der Waals surface area contributed by atoms with Crippen molar-refractivity contribution in [2.24, 2.45) is 0 Å². The molecule has 0 aliphatic heterocycles. The minimum Gasteiger partial charge on any atom is -0.481 e.